The van der Waals surface area contributed by atoms with E-state index in [0.29, 0.717) is 37.6 Å². The molecule has 0 radical (unpaired) electrons. The van der Waals surface area contributed by atoms with E-state index >= 15 is 0 Å². The van der Waals surface area contributed by atoms with E-state index in [-0.39, 0.29) is 11.7 Å². The van der Waals surface area contributed by atoms with Gasteiger partial charge in [-0.2, -0.15) is 0 Å². The van der Waals surface area contributed by atoms with Gasteiger partial charge in [0.05, 0.1) is 6.61 Å². The van der Waals surface area contributed by atoms with Crippen LogP contribution in [0.25, 0.3) is 12.7 Å². The fourth-order valence-corrected chi connectivity index (χ4v) is 4.13. The number of hydrogen-bond donors (Lipinski definition) is 2. The normalized spacial score (nSPS) is 14.1. The molecule has 5 nitrogen and oxygen atoms in total. The second kappa shape index (κ2) is 15.4. The zero-order chi connectivity index (χ0) is 26.5. The number of benzene rings is 2. The molecule has 2 aromatic carbocycles. The number of nitrogens with one attached hydrogen (secondary N) is 1. The van der Waals surface area contributed by atoms with Crippen LogP contribution in [0.2, 0.25) is 0 Å². The third-order valence-corrected chi connectivity index (χ3v) is 6.72. The number of ketones is 1. The van der Waals surface area contributed by atoms with E-state index in [2.05, 4.69) is 44.0 Å². The lowest BCUT2D eigenvalue weighted by molar-refractivity contribution is 0.0935. The van der Waals surface area contributed by atoms with Crippen molar-refractivity contribution in [2.45, 2.75) is 65.2 Å². The van der Waals surface area contributed by atoms with Crippen LogP contribution in [0.5, 0.6) is 0 Å². The summed E-state index contributed by atoms with van der Waals surface area (Å²) >= 11 is 0. The van der Waals surface area contributed by atoms with Gasteiger partial charge in [0.15, 0.2) is 5.78 Å². The van der Waals surface area contributed by atoms with Gasteiger partial charge < -0.3 is 15.8 Å². The Hall–Kier alpha value is -2.76. The SMILES string of the molecule is C=c1cc(C)c(C(=O)NCCOC)c/c1=C/CC.CCC(CN)CCC(=O)c1ccc(C2CC2)cc1. The summed E-state index contributed by atoms with van der Waals surface area (Å²) in [5, 5.41) is 4.82. The molecular weight excluding hydrogens is 448 g/mol. The maximum atomic E-state index is 12.0. The second-order valence-electron chi connectivity index (χ2n) is 9.60. The van der Waals surface area contributed by atoms with Crippen LogP contribution in [-0.2, 0) is 4.74 Å². The molecule has 1 aliphatic rings. The molecule has 0 saturated heterocycles. The third-order valence-electron chi connectivity index (χ3n) is 6.72. The molecule has 1 aliphatic carbocycles. The quantitative estimate of drug-likeness (QED) is 0.338. The van der Waals surface area contributed by atoms with Crippen LogP contribution in [0.4, 0.5) is 0 Å². The van der Waals surface area contributed by atoms with E-state index in [9.17, 15) is 9.59 Å². The van der Waals surface area contributed by atoms with E-state index < -0.39 is 0 Å². The van der Waals surface area contributed by atoms with Crippen LogP contribution >= 0.6 is 0 Å². The predicted octanol–water partition coefficient (Wildman–Crippen LogP) is 4.48. The molecule has 1 atom stereocenters. The first-order chi connectivity index (χ1) is 17.3. The van der Waals surface area contributed by atoms with Gasteiger partial charge in [-0.15, -0.1) is 0 Å². The summed E-state index contributed by atoms with van der Waals surface area (Å²) in [4.78, 5) is 24.0. The molecule has 0 aliphatic heterocycles. The maximum Gasteiger partial charge on any atom is 0.251 e. The van der Waals surface area contributed by atoms with E-state index in [0.717, 1.165) is 46.7 Å². The lowest BCUT2D eigenvalue weighted by Crippen LogP contribution is -2.31. The number of methoxy groups -OCH3 is 1. The molecule has 3 N–H and O–H groups in total. The van der Waals surface area contributed by atoms with Crippen molar-refractivity contribution in [1.82, 2.24) is 5.32 Å². The van der Waals surface area contributed by atoms with Crippen molar-refractivity contribution in [2.75, 3.05) is 26.8 Å². The second-order valence-corrected chi connectivity index (χ2v) is 9.60. The molecule has 196 valence electrons. The highest BCUT2D eigenvalue weighted by atomic mass is 16.5. The molecule has 1 unspecified atom stereocenters. The van der Waals surface area contributed by atoms with Crippen molar-refractivity contribution in [3.05, 3.63) is 69.1 Å². The van der Waals surface area contributed by atoms with Crippen LogP contribution in [0.15, 0.2) is 36.4 Å². The molecule has 1 saturated carbocycles. The molecule has 0 bridgehead atoms. The molecule has 0 spiro atoms. The molecule has 5 heteroatoms. The van der Waals surface area contributed by atoms with Crippen LogP contribution in [-0.4, -0.2) is 38.5 Å². The highest BCUT2D eigenvalue weighted by Crippen LogP contribution is 2.39. The van der Waals surface area contributed by atoms with Crippen molar-refractivity contribution in [3.8, 4) is 0 Å². The average molecular weight is 493 g/mol. The monoisotopic (exact) mass is 492 g/mol. The van der Waals surface area contributed by atoms with E-state index in [4.69, 9.17) is 10.5 Å². The summed E-state index contributed by atoms with van der Waals surface area (Å²) in [6, 6.07) is 12.1. The Kier molecular flexibility index (Phi) is 12.6. The minimum absolute atomic E-state index is 0.0599. The summed E-state index contributed by atoms with van der Waals surface area (Å²) in [7, 11) is 1.61. The van der Waals surface area contributed by atoms with Gasteiger partial charge in [-0.05, 0) is 78.6 Å². The lowest BCUT2D eigenvalue weighted by atomic mass is 9.96. The standard InChI is InChI=1S/C16H23NO.C15H21NO2/c1-2-12(11-17)3-10-16(18)15-8-6-14(7-9-15)13-4-5-13;1-5-6-13-10-14(12(3)9-11(13)2)15(17)16-7-8-18-4/h6-9,12-13H,2-5,10-11,17H2,1H3;6,9-10H,2,5,7-8H2,1,3-4H3,(H,16,17)/b;13-6-. The molecule has 1 amide bonds. The van der Waals surface area contributed by atoms with Crippen molar-refractivity contribution in [2.24, 2.45) is 11.7 Å². The number of carbonyl (C=O) groups is 2. The third kappa shape index (κ3) is 9.36. The predicted molar refractivity (Wildman–Crippen MR) is 150 cm³/mol. The number of aryl methyl sites for hydroxylation is 1. The van der Waals surface area contributed by atoms with Gasteiger partial charge in [-0.3, -0.25) is 9.59 Å². The topological polar surface area (TPSA) is 81.4 Å². The Morgan fingerprint density at radius 2 is 1.89 bits per heavy atom. The van der Waals surface area contributed by atoms with E-state index in [1.165, 1.54) is 18.4 Å². The van der Waals surface area contributed by atoms with Crippen molar-refractivity contribution in [1.29, 1.82) is 0 Å². The number of carbonyl (C=O) groups excluding carboxylic acids is 2. The van der Waals surface area contributed by atoms with Gasteiger partial charge in [0.2, 0.25) is 0 Å². The number of Topliss-reactive ketones (excluding diaryl/α,β-unsaturated/α-hetero) is 1. The summed E-state index contributed by atoms with van der Waals surface area (Å²) in [6.45, 7) is 11.8. The summed E-state index contributed by atoms with van der Waals surface area (Å²) in [5.41, 5.74) is 9.55. The van der Waals surface area contributed by atoms with Crippen LogP contribution in [0.3, 0.4) is 0 Å². The first-order valence-corrected chi connectivity index (χ1v) is 13.2. The van der Waals surface area contributed by atoms with Crippen LogP contribution in [0, 0.1) is 12.8 Å². The van der Waals surface area contributed by atoms with Gasteiger partial charge in [0, 0.05) is 31.2 Å². The van der Waals surface area contributed by atoms with Crippen molar-refractivity contribution >= 4 is 24.3 Å². The maximum absolute atomic E-state index is 12.0. The van der Waals surface area contributed by atoms with Gasteiger partial charge in [-0.25, -0.2) is 0 Å². The molecule has 1 fully saturated rings. The first kappa shape index (κ1) is 29.5. The Morgan fingerprint density at radius 1 is 1.19 bits per heavy atom. The molecular formula is C31H44N2O3. The number of amides is 1. The number of rotatable bonds is 12. The molecule has 0 aromatic heterocycles. The van der Waals surface area contributed by atoms with Gasteiger partial charge >= 0.3 is 0 Å². The zero-order valence-electron chi connectivity index (χ0n) is 22.6. The summed E-state index contributed by atoms with van der Waals surface area (Å²) in [6.07, 6.45) is 8.22. The Morgan fingerprint density at radius 3 is 2.44 bits per heavy atom. The largest absolute Gasteiger partial charge is 0.383 e. The highest BCUT2D eigenvalue weighted by Gasteiger charge is 2.23. The average Bonchev–Trinajstić information content (AvgIpc) is 3.72. The summed E-state index contributed by atoms with van der Waals surface area (Å²) in [5.74, 6) is 1.44. The Balaban J connectivity index is 0.000000254. The minimum Gasteiger partial charge on any atom is -0.383 e. The zero-order valence-corrected chi connectivity index (χ0v) is 22.6. The fourth-order valence-electron chi connectivity index (χ4n) is 4.13. The van der Waals surface area contributed by atoms with Crippen molar-refractivity contribution in [3.63, 3.8) is 0 Å². The summed E-state index contributed by atoms with van der Waals surface area (Å²) < 4.78 is 4.91. The first-order valence-electron chi connectivity index (χ1n) is 13.2. The molecule has 36 heavy (non-hydrogen) atoms. The highest BCUT2D eigenvalue weighted by molar-refractivity contribution is 5.96. The fraction of sp³-hybridized carbons (Fsp3) is 0.484. The number of hydrogen-bond acceptors (Lipinski definition) is 4. The minimum atomic E-state index is -0.0599. The lowest BCUT2D eigenvalue weighted by Gasteiger charge is -2.11. The molecule has 3 rings (SSSR count). The Labute approximate surface area is 216 Å². The van der Waals surface area contributed by atoms with Gasteiger partial charge in [-0.1, -0.05) is 63.3 Å². The van der Waals surface area contributed by atoms with E-state index in [1.54, 1.807) is 7.11 Å². The number of ether oxygens (including phenoxy) is 1. The smallest absolute Gasteiger partial charge is 0.251 e. The van der Waals surface area contributed by atoms with Crippen LogP contribution in [0.1, 0.15) is 90.1 Å². The van der Waals surface area contributed by atoms with Crippen molar-refractivity contribution < 1.29 is 14.3 Å². The van der Waals surface area contributed by atoms with Crippen LogP contribution < -0.4 is 21.5 Å². The van der Waals surface area contributed by atoms with Gasteiger partial charge in [0.1, 0.15) is 0 Å². The molecule has 2 aromatic rings. The molecule has 0 heterocycles. The Bertz CT molecular complexity index is 1080. The van der Waals surface area contributed by atoms with E-state index in [1.807, 2.05) is 31.2 Å². The van der Waals surface area contributed by atoms with Gasteiger partial charge in [0.25, 0.3) is 5.91 Å². The number of nitrogens with two attached hydrogens (primary N) is 1.